The standard InChI is InChI=1S/C13H14FN3O2/c1-7-12(13(15)17-16-7)10(6-11(18)19)8-2-4-9(14)5-3-8/h2-5,10H,6H2,1H3,(H,18,19)(H3,15,16,17). The van der Waals surface area contributed by atoms with Crippen LogP contribution in [0.5, 0.6) is 0 Å². The summed E-state index contributed by atoms with van der Waals surface area (Å²) in [6, 6.07) is 5.73. The first-order valence-corrected chi connectivity index (χ1v) is 5.76. The van der Waals surface area contributed by atoms with Crippen LogP contribution in [-0.4, -0.2) is 21.3 Å². The average Bonchev–Trinajstić information content (AvgIpc) is 2.67. The summed E-state index contributed by atoms with van der Waals surface area (Å²) >= 11 is 0. The van der Waals surface area contributed by atoms with E-state index in [-0.39, 0.29) is 18.1 Å². The third kappa shape index (κ3) is 2.73. The van der Waals surface area contributed by atoms with E-state index in [1.54, 1.807) is 19.1 Å². The van der Waals surface area contributed by atoms with Crippen molar-refractivity contribution < 1.29 is 14.3 Å². The van der Waals surface area contributed by atoms with Crippen molar-refractivity contribution in [1.82, 2.24) is 10.2 Å². The molecule has 0 spiro atoms. The van der Waals surface area contributed by atoms with E-state index in [1.807, 2.05) is 0 Å². The number of H-pyrrole nitrogens is 1. The van der Waals surface area contributed by atoms with Gasteiger partial charge in [0.1, 0.15) is 11.6 Å². The second kappa shape index (κ2) is 5.09. The second-order valence-corrected chi connectivity index (χ2v) is 4.35. The molecule has 19 heavy (non-hydrogen) atoms. The van der Waals surface area contributed by atoms with Gasteiger partial charge >= 0.3 is 5.97 Å². The van der Waals surface area contributed by atoms with Crippen molar-refractivity contribution in [1.29, 1.82) is 0 Å². The second-order valence-electron chi connectivity index (χ2n) is 4.35. The van der Waals surface area contributed by atoms with Crippen LogP contribution >= 0.6 is 0 Å². The number of anilines is 1. The van der Waals surface area contributed by atoms with Crippen LogP contribution in [0.15, 0.2) is 24.3 Å². The Labute approximate surface area is 109 Å². The van der Waals surface area contributed by atoms with Gasteiger partial charge in [0.05, 0.1) is 6.42 Å². The Hall–Kier alpha value is -2.37. The maximum atomic E-state index is 13.0. The molecule has 1 aromatic heterocycles. The van der Waals surface area contributed by atoms with E-state index in [2.05, 4.69) is 10.2 Å². The van der Waals surface area contributed by atoms with Gasteiger partial charge in [-0.25, -0.2) is 4.39 Å². The first-order chi connectivity index (χ1) is 8.99. The first kappa shape index (κ1) is 13.1. The monoisotopic (exact) mass is 263 g/mol. The molecule has 0 fully saturated rings. The highest BCUT2D eigenvalue weighted by Gasteiger charge is 2.23. The number of carboxylic acid groups (broad SMARTS) is 1. The number of nitrogen functional groups attached to an aromatic ring is 1. The van der Waals surface area contributed by atoms with E-state index < -0.39 is 11.9 Å². The fourth-order valence-electron chi connectivity index (χ4n) is 2.15. The zero-order valence-electron chi connectivity index (χ0n) is 10.4. The predicted molar refractivity (Wildman–Crippen MR) is 68.2 cm³/mol. The molecule has 0 saturated carbocycles. The Morgan fingerprint density at radius 2 is 2.11 bits per heavy atom. The predicted octanol–water partition coefficient (Wildman–Crippen LogP) is 2.05. The number of rotatable bonds is 4. The maximum absolute atomic E-state index is 13.0. The van der Waals surface area contributed by atoms with E-state index in [1.165, 1.54) is 12.1 Å². The molecule has 1 heterocycles. The number of carboxylic acids is 1. The van der Waals surface area contributed by atoms with Crippen molar-refractivity contribution >= 4 is 11.8 Å². The number of aromatic amines is 1. The van der Waals surface area contributed by atoms with Crippen LogP contribution in [0.1, 0.15) is 29.2 Å². The summed E-state index contributed by atoms with van der Waals surface area (Å²) in [5, 5.41) is 15.6. The first-order valence-electron chi connectivity index (χ1n) is 5.76. The zero-order chi connectivity index (χ0) is 14.0. The zero-order valence-corrected chi connectivity index (χ0v) is 10.4. The van der Waals surface area contributed by atoms with Gasteiger partial charge in [0.25, 0.3) is 0 Å². The summed E-state index contributed by atoms with van der Waals surface area (Å²) in [6.45, 7) is 1.77. The Morgan fingerprint density at radius 3 is 2.58 bits per heavy atom. The molecule has 1 unspecified atom stereocenters. The molecule has 0 aliphatic heterocycles. The van der Waals surface area contributed by atoms with Crippen molar-refractivity contribution in [3.63, 3.8) is 0 Å². The van der Waals surface area contributed by atoms with E-state index in [0.29, 0.717) is 16.8 Å². The molecular weight excluding hydrogens is 249 g/mol. The minimum Gasteiger partial charge on any atom is -0.481 e. The lowest BCUT2D eigenvalue weighted by Crippen LogP contribution is -2.10. The van der Waals surface area contributed by atoms with Gasteiger partial charge in [-0.3, -0.25) is 9.89 Å². The molecule has 2 aromatic rings. The van der Waals surface area contributed by atoms with Crippen molar-refractivity contribution in [3.8, 4) is 0 Å². The van der Waals surface area contributed by atoms with Crippen molar-refractivity contribution in [3.05, 3.63) is 46.9 Å². The summed E-state index contributed by atoms with van der Waals surface area (Å²) in [4.78, 5) is 11.0. The lowest BCUT2D eigenvalue weighted by atomic mass is 9.88. The number of aromatic nitrogens is 2. The summed E-state index contributed by atoms with van der Waals surface area (Å²) in [5.74, 6) is -1.49. The molecule has 5 nitrogen and oxygen atoms in total. The molecule has 0 aliphatic carbocycles. The number of nitrogens with zero attached hydrogens (tertiary/aromatic N) is 1. The minimum absolute atomic E-state index is 0.129. The van der Waals surface area contributed by atoms with Gasteiger partial charge in [-0.15, -0.1) is 0 Å². The van der Waals surface area contributed by atoms with Crippen LogP contribution in [0.2, 0.25) is 0 Å². The lowest BCUT2D eigenvalue weighted by molar-refractivity contribution is -0.137. The highest BCUT2D eigenvalue weighted by molar-refractivity contribution is 5.70. The fraction of sp³-hybridized carbons (Fsp3) is 0.231. The largest absolute Gasteiger partial charge is 0.481 e. The SMILES string of the molecule is Cc1[nH]nc(N)c1C(CC(=O)O)c1ccc(F)cc1. The molecular formula is C13H14FN3O2. The van der Waals surface area contributed by atoms with Crippen LogP contribution in [0.4, 0.5) is 10.2 Å². The van der Waals surface area contributed by atoms with Crippen molar-refractivity contribution in [2.45, 2.75) is 19.3 Å². The van der Waals surface area contributed by atoms with Crippen molar-refractivity contribution in [2.75, 3.05) is 5.73 Å². The van der Waals surface area contributed by atoms with E-state index in [9.17, 15) is 9.18 Å². The number of nitrogens with two attached hydrogens (primary N) is 1. The van der Waals surface area contributed by atoms with Gasteiger partial charge in [-0.1, -0.05) is 12.1 Å². The highest BCUT2D eigenvalue weighted by atomic mass is 19.1. The Morgan fingerprint density at radius 1 is 1.47 bits per heavy atom. The maximum Gasteiger partial charge on any atom is 0.304 e. The highest BCUT2D eigenvalue weighted by Crippen LogP contribution is 2.33. The van der Waals surface area contributed by atoms with E-state index in [0.717, 1.165) is 0 Å². The molecule has 6 heteroatoms. The smallest absolute Gasteiger partial charge is 0.304 e. The third-order valence-corrected chi connectivity index (χ3v) is 3.02. The third-order valence-electron chi connectivity index (χ3n) is 3.02. The molecule has 0 radical (unpaired) electrons. The van der Waals surface area contributed by atoms with Gasteiger partial charge in [0.15, 0.2) is 0 Å². The summed E-state index contributed by atoms with van der Waals surface area (Å²) in [7, 11) is 0. The van der Waals surface area contributed by atoms with Crippen LogP contribution < -0.4 is 5.73 Å². The van der Waals surface area contributed by atoms with E-state index >= 15 is 0 Å². The normalized spacial score (nSPS) is 12.3. The number of carbonyl (C=O) groups is 1. The number of hydrogen-bond acceptors (Lipinski definition) is 3. The molecule has 0 saturated heterocycles. The van der Waals surface area contributed by atoms with Crippen LogP contribution in [0.3, 0.4) is 0 Å². The lowest BCUT2D eigenvalue weighted by Gasteiger charge is -2.15. The number of benzene rings is 1. The van der Waals surface area contributed by atoms with Crippen LogP contribution in [0.25, 0.3) is 0 Å². The molecule has 0 aliphatic rings. The molecule has 4 N–H and O–H groups in total. The number of nitrogens with one attached hydrogen (secondary N) is 1. The Kier molecular flexibility index (Phi) is 3.50. The molecule has 1 atom stereocenters. The number of aliphatic carboxylic acids is 1. The van der Waals surface area contributed by atoms with Gasteiger partial charge in [0, 0.05) is 17.2 Å². The molecule has 100 valence electrons. The van der Waals surface area contributed by atoms with Gasteiger partial charge in [0.2, 0.25) is 0 Å². The number of hydrogen-bond donors (Lipinski definition) is 3. The minimum atomic E-state index is -0.950. The molecule has 1 aromatic carbocycles. The Balaban J connectivity index is 2.47. The topological polar surface area (TPSA) is 92.0 Å². The number of aryl methyl sites for hydroxylation is 1. The summed E-state index contributed by atoms with van der Waals surface area (Å²) in [6.07, 6.45) is -0.129. The van der Waals surface area contributed by atoms with Crippen molar-refractivity contribution in [2.24, 2.45) is 0 Å². The van der Waals surface area contributed by atoms with Gasteiger partial charge in [-0.2, -0.15) is 5.10 Å². The van der Waals surface area contributed by atoms with Crippen LogP contribution in [-0.2, 0) is 4.79 Å². The molecule has 2 rings (SSSR count). The van der Waals surface area contributed by atoms with Crippen LogP contribution in [0, 0.1) is 12.7 Å². The van der Waals surface area contributed by atoms with Gasteiger partial charge < -0.3 is 10.8 Å². The number of halogens is 1. The summed E-state index contributed by atoms with van der Waals surface area (Å²) in [5.41, 5.74) is 7.83. The fourth-order valence-corrected chi connectivity index (χ4v) is 2.15. The van der Waals surface area contributed by atoms with E-state index in [4.69, 9.17) is 10.8 Å². The quantitative estimate of drug-likeness (QED) is 0.787. The summed E-state index contributed by atoms with van der Waals surface area (Å²) < 4.78 is 13.0. The average molecular weight is 263 g/mol. The molecule has 0 bridgehead atoms. The Bertz CT molecular complexity index is 573. The van der Waals surface area contributed by atoms with Gasteiger partial charge in [-0.05, 0) is 24.6 Å². The molecule has 0 amide bonds.